The van der Waals surface area contributed by atoms with Crippen molar-refractivity contribution in [2.75, 3.05) is 13.2 Å². The first-order chi connectivity index (χ1) is 17.0. The highest BCUT2D eigenvalue weighted by Crippen LogP contribution is 2.32. The topological polar surface area (TPSA) is 72.9 Å². The van der Waals surface area contributed by atoms with Gasteiger partial charge in [0.1, 0.15) is 11.5 Å². The van der Waals surface area contributed by atoms with E-state index in [0.29, 0.717) is 25.5 Å². The first kappa shape index (κ1) is 24.7. The van der Waals surface area contributed by atoms with E-state index in [9.17, 15) is 5.11 Å². The minimum atomic E-state index is -0.643. The van der Waals surface area contributed by atoms with E-state index in [4.69, 9.17) is 19.0 Å². The third-order valence-electron chi connectivity index (χ3n) is 5.53. The molecule has 7 nitrogen and oxygen atoms in total. The lowest BCUT2D eigenvalue weighted by molar-refractivity contribution is -0.0114. The summed E-state index contributed by atoms with van der Waals surface area (Å²) in [6, 6.07) is 23.4. The van der Waals surface area contributed by atoms with Gasteiger partial charge in [-0.3, -0.25) is 4.90 Å². The van der Waals surface area contributed by atoms with Gasteiger partial charge in [0.05, 0.1) is 48.6 Å². The van der Waals surface area contributed by atoms with Crippen molar-refractivity contribution in [2.24, 2.45) is 0 Å². The molecule has 1 N–H and O–H groups in total. The molecule has 2 aromatic heterocycles. The van der Waals surface area contributed by atoms with Gasteiger partial charge in [0.15, 0.2) is 0 Å². The summed E-state index contributed by atoms with van der Waals surface area (Å²) in [5.41, 5.74) is 2.72. The summed E-state index contributed by atoms with van der Waals surface area (Å²) in [5, 5.41) is 15.5. The molecule has 35 heavy (non-hydrogen) atoms. The van der Waals surface area contributed by atoms with Crippen molar-refractivity contribution in [3.8, 4) is 17.3 Å². The van der Waals surface area contributed by atoms with Gasteiger partial charge in [-0.1, -0.05) is 36.4 Å². The Bertz CT molecular complexity index is 1160. The normalized spacial score (nSPS) is 12.4. The Hall–Kier alpha value is -3.39. The van der Waals surface area contributed by atoms with Gasteiger partial charge < -0.3 is 19.0 Å². The number of aryl methyl sites for hydroxylation is 1. The maximum Gasteiger partial charge on any atom is 0.227 e. The fourth-order valence-electron chi connectivity index (χ4n) is 3.86. The molecule has 4 aromatic rings. The van der Waals surface area contributed by atoms with Crippen molar-refractivity contribution in [1.82, 2.24) is 14.7 Å². The van der Waals surface area contributed by atoms with Crippen molar-refractivity contribution >= 4 is 0 Å². The van der Waals surface area contributed by atoms with E-state index >= 15 is 0 Å². The molecule has 7 heteroatoms. The molecule has 0 spiro atoms. The fourth-order valence-corrected chi connectivity index (χ4v) is 3.86. The maximum absolute atomic E-state index is 10.7. The predicted octanol–water partition coefficient (Wildman–Crippen LogP) is 5.35. The zero-order valence-corrected chi connectivity index (χ0v) is 20.5. The molecule has 0 aliphatic heterocycles. The molecule has 0 saturated carbocycles. The van der Waals surface area contributed by atoms with Crippen molar-refractivity contribution in [1.29, 1.82) is 0 Å². The summed E-state index contributed by atoms with van der Waals surface area (Å²) in [6.45, 7) is 7.63. The van der Waals surface area contributed by atoms with Crippen molar-refractivity contribution < 1.29 is 19.0 Å². The van der Waals surface area contributed by atoms with Crippen LogP contribution in [0.3, 0.4) is 0 Å². The van der Waals surface area contributed by atoms with Crippen LogP contribution >= 0.6 is 0 Å². The van der Waals surface area contributed by atoms with Crippen molar-refractivity contribution in [3.63, 3.8) is 0 Å². The summed E-state index contributed by atoms with van der Waals surface area (Å²) in [4.78, 5) is 2.13. The minimum absolute atomic E-state index is 0.0559. The van der Waals surface area contributed by atoms with Crippen LogP contribution in [-0.4, -0.2) is 45.1 Å². The molecule has 1 atom stereocenters. The molecule has 0 aliphatic carbocycles. The molecular weight excluding hydrogens is 442 g/mol. The standard InChI is InChI=1S/C28H33N3O4/c1-21(2)34-20-24(32)17-30(18-26-15-10-16-33-26)19-27-22(3)29-31(23-11-6-4-7-12-23)28(27)35-25-13-8-5-9-14-25/h4-16,21,24,32H,17-20H2,1-3H3/t24-/m0/s1. The van der Waals surface area contributed by atoms with Crippen LogP contribution in [0.15, 0.2) is 83.5 Å². The van der Waals surface area contributed by atoms with Crippen LogP contribution in [-0.2, 0) is 17.8 Å². The first-order valence-electron chi connectivity index (χ1n) is 11.9. The molecule has 0 aliphatic rings. The number of aliphatic hydroxyl groups excluding tert-OH is 1. The molecule has 0 saturated heterocycles. The van der Waals surface area contributed by atoms with Gasteiger partial charge in [0.2, 0.25) is 5.88 Å². The zero-order chi connectivity index (χ0) is 24.6. The van der Waals surface area contributed by atoms with E-state index < -0.39 is 6.10 Å². The molecular formula is C28H33N3O4. The van der Waals surface area contributed by atoms with Crippen LogP contribution in [0.25, 0.3) is 5.69 Å². The van der Waals surface area contributed by atoms with Crippen LogP contribution in [0.5, 0.6) is 11.6 Å². The molecule has 0 radical (unpaired) electrons. The summed E-state index contributed by atoms with van der Waals surface area (Å²) < 4.78 is 19.5. The summed E-state index contributed by atoms with van der Waals surface area (Å²) in [6.07, 6.45) is 1.07. The summed E-state index contributed by atoms with van der Waals surface area (Å²) >= 11 is 0. The molecule has 4 rings (SSSR count). The number of benzene rings is 2. The quantitative estimate of drug-likeness (QED) is 0.298. The second-order valence-electron chi connectivity index (χ2n) is 8.82. The third kappa shape index (κ3) is 6.82. The highest BCUT2D eigenvalue weighted by atomic mass is 16.5. The van der Waals surface area contributed by atoms with E-state index in [0.717, 1.165) is 28.5 Å². The van der Waals surface area contributed by atoms with E-state index in [2.05, 4.69) is 4.90 Å². The number of furan rings is 1. The molecule has 0 amide bonds. The molecule has 0 bridgehead atoms. The first-order valence-corrected chi connectivity index (χ1v) is 11.9. The van der Waals surface area contributed by atoms with Gasteiger partial charge in [0.25, 0.3) is 0 Å². The largest absolute Gasteiger partial charge is 0.468 e. The van der Waals surface area contributed by atoms with Crippen LogP contribution in [0, 0.1) is 6.92 Å². The maximum atomic E-state index is 10.7. The highest BCUT2D eigenvalue weighted by Gasteiger charge is 2.23. The fraction of sp³-hybridized carbons (Fsp3) is 0.321. The Balaban J connectivity index is 1.66. The number of aliphatic hydroxyl groups is 1. The van der Waals surface area contributed by atoms with Crippen LogP contribution in [0.4, 0.5) is 0 Å². The number of aromatic nitrogens is 2. The second-order valence-corrected chi connectivity index (χ2v) is 8.82. The number of para-hydroxylation sites is 2. The Labute approximate surface area is 206 Å². The number of hydrogen-bond donors (Lipinski definition) is 1. The van der Waals surface area contributed by atoms with E-state index in [-0.39, 0.29) is 12.7 Å². The van der Waals surface area contributed by atoms with Gasteiger partial charge in [-0.15, -0.1) is 0 Å². The van der Waals surface area contributed by atoms with Gasteiger partial charge in [0, 0.05) is 13.1 Å². The van der Waals surface area contributed by atoms with E-state index in [1.165, 1.54) is 0 Å². The van der Waals surface area contributed by atoms with Crippen LogP contribution in [0.2, 0.25) is 0 Å². The van der Waals surface area contributed by atoms with E-state index in [1.54, 1.807) is 6.26 Å². The van der Waals surface area contributed by atoms with Gasteiger partial charge in [-0.2, -0.15) is 5.10 Å². The van der Waals surface area contributed by atoms with E-state index in [1.807, 2.05) is 98.2 Å². The number of nitrogens with zero attached hydrogens (tertiary/aromatic N) is 3. The lowest BCUT2D eigenvalue weighted by Crippen LogP contribution is -2.35. The highest BCUT2D eigenvalue weighted by molar-refractivity contribution is 5.43. The smallest absolute Gasteiger partial charge is 0.227 e. The average Bonchev–Trinajstić information content (AvgIpc) is 3.47. The van der Waals surface area contributed by atoms with Crippen LogP contribution < -0.4 is 4.74 Å². The number of ether oxygens (including phenoxy) is 2. The molecule has 0 unspecified atom stereocenters. The monoisotopic (exact) mass is 475 g/mol. The lowest BCUT2D eigenvalue weighted by atomic mass is 10.2. The molecule has 2 heterocycles. The third-order valence-corrected chi connectivity index (χ3v) is 5.53. The summed E-state index contributed by atoms with van der Waals surface area (Å²) in [7, 11) is 0. The Morgan fingerprint density at radius 2 is 1.69 bits per heavy atom. The number of hydrogen-bond acceptors (Lipinski definition) is 6. The predicted molar refractivity (Wildman–Crippen MR) is 135 cm³/mol. The van der Waals surface area contributed by atoms with Gasteiger partial charge in [-0.05, 0) is 57.2 Å². The molecule has 2 aromatic carbocycles. The minimum Gasteiger partial charge on any atom is -0.468 e. The van der Waals surface area contributed by atoms with Crippen LogP contribution in [0.1, 0.15) is 30.9 Å². The Morgan fingerprint density at radius 3 is 2.34 bits per heavy atom. The Kier molecular flexibility index (Phi) is 8.36. The van der Waals surface area contributed by atoms with Crippen molar-refractivity contribution in [3.05, 3.63) is 96.1 Å². The average molecular weight is 476 g/mol. The Morgan fingerprint density at radius 1 is 0.971 bits per heavy atom. The second kappa shape index (κ2) is 11.8. The SMILES string of the molecule is Cc1nn(-c2ccccc2)c(Oc2ccccc2)c1CN(Cc1ccco1)C[C@H](O)COC(C)C. The summed E-state index contributed by atoms with van der Waals surface area (Å²) in [5.74, 6) is 2.20. The van der Waals surface area contributed by atoms with Crippen molar-refractivity contribution in [2.45, 2.75) is 46.1 Å². The molecule has 184 valence electrons. The lowest BCUT2D eigenvalue weighted by Gasteiger charge is -2.25. The van der Waals surface area contributed by atoms with Gasteiger partial charge in [-0.25, -0.2) is 4.68 Å². The van der Waals surface area contributed by atoms with Gasteiger partial charge >= 0.3 is 0 Å². The number of rotatable bonds is 12. The zero-order valence-electron chi connectivity index (χ0n) is 20.5. The molecule has 0 fully saturated rings.